The zero-order valence-corrected chi connectivity index (χ0v) is 12.2. The van der Waals surface area contributed by atoms with E-state index in [0.29, 0.717) is 17.3 Å². The third kappa shape index (κ3) is 10.4. The molecular weight excluding hydrogens is 256 g/mol. The first kappa shape index (κ1) is 16.5. The maximum atomic E-state index is 9.83. The third-order valence-corrected chi connectivity index (χ3v) is 3.97. The first-order valence-electron chi connectivity index (χ1n) is 5.43. The molecule has 0 bridgehead atoms. The highest BCUT2D eigenvalue weighted by Crippen LogP contribution is 2.05. The number of rotatable bonds is 4. The second-order valence-electron chi connectivity index (χ2n) is 3.74. The predicted octanol–water partition coefficient (Wildman–Crippen LogP) is 2.26. The van der Waals surface area contributed by atoms with Gasteiger partial charge in [-0.3, -0.25) is 0 Å². The lowest BCUT2D eigenvalue weighted by atomic mass is 10.4. The fraction of sp³-hybridized carbons (Fsp3) is 0.500. The van der Waals surface area contributed by atoms with Crippen LogP contribution in [0.4, 0.5) is 0 Å². The van der Waals surface area contributed by atoms with E-state index in [-0.39, 0.29) is 5.75 Å². The quantitative estimate of drug-likeness (QED) is 0.626. The van der Waals surface area contributed by atoms with Gasteiger partial charge in [0.2, 0.25) is 0 Å². The van der Waals surface area contributed by atoms with E-state index in [4.69, 9.17) is 0 Å². The molecule has 0 aromatic heterocycles. The maximum absolute atomic E-state index is 9.83. The Bertz CT molecular complexity index is 385. The van der Waals surface area contributed by atoms with Gasteiger partial charge in [0, 0.05) is 16.6 Å². The molecule has 0 saturated heterocycles. The zero-order valence-electron chi connectivity index (χ0n) is 10.5. The Hall–Kier alpha value is -0.520. The van der Waals surface area contributed by atoms with Gasteiger partial charge in [-0.05, 0) is 18.6 Å². The second kappa shape index (κ2) is 8.55. The molecule has 0 radical (unpaired) electrons. The van der Waals surface area contributed by atoms with Gasteiger partial charge in [0.25, 0.3) is 0 Å². The fourth-order valence-electron chi connectivity index (χ4n) is 1.01. The third-order valence-electron chi connectivity index (χ3n) is 1.96. The maximum Gasteiger partial charge on any atom is 0.154 e. The molecule has 0 amide bonds. The van der Waals surface area contributed by atoms with Gasteiger partial charge < -0.3 is 4.55 Å². The summed E-state index contributed by atoms with van der Waals surface area (Å²) >= 11 is 0. The molecule has 0 spiro atoms. The van der Waals surface area contributed by atoms with Gasteiger partial charge >= 0.3 is 0 Å². The van der Waals surface area contributed by atoms with Crippen LogP contribution in [0.3, 0.4) is 0 Å². The lowest BCUT2D eigenvalue weighted by Gasteiger charge is -2.02. The Labute approximate surface area is 107 Å². The number of hydrogen-bond acceptors (Lipinski definition) is 3. The minimum Gasteiger partial charge on any atom is -0.748 e. The number of hydrogen-bond donors (Lipinski definition) is 0. The smallest absolute Gasteiger partial charge is 0.154 e. The van der Waals surface area contributed by atoms with Crippen molar-refractivity contribution in [2.45, 2.75) is 24.7 Å². The Morgan fingerprint density at radius 2 is 1.71 bits per heavy atom. The minimum atomic E-state index is -3.94. The van der Waals surface area contributed by atoms with Crippen LogP contribution < -0.4 is 0 Å². The summed E-state index contributed by atoms with van der Waals surface area (Å²) < 4.78 is 29.5. The Kier molecular flexibility index (Phi) is 8.29. The van der Waals surface area contributed by atoms with Crippen LogP contribution in [-0.2, 0) is 21.0 Å². The predicted molar refractivity (Wildman–Crippen MR) is 73.4 cm³/mol. The van der Waals surface area contributed by atoms with Crippen molar-refractivity contribution < 1.29 is 13.0 Å². The standard InChI is InChI=1S/C8H11S.C4H10O3S/c1-9(2)8-6-4-3-5-7-8;1-2-3-4-8(5,6)7/h3-7H,1-2H3;2-4H2,1H3,(H,5,6,7)/q+1;/p-1. The molecule has 0 heterocycles. The molecule has 0 aliphatic rings. The molecule has 0 saturated carbocycles. The second-order valence-corrected chi connectivity index (χ2v) is 7.37. The molecule has 1 aromatic rings. The van der Waals surface area contributed by atoms with Gasteiger partial charge in [-0.1, -0.05) is 31.5 Å². The highest BCUT2D eigenvalue weighted by atomic mass is 32.2. The van der Waals surface area contributed by atoms with Gasteiger partial charge in [0.15, 0.2) is 4.90 Å². The van der Waals surface area contributed by atoms with Crippen LogP contribution >= 0.6 is 0 Å². The van der Waals surface area contributed by atoms with Gasteiger partial charge in [0.1, 0.15) is 12.5 Å². The van der Waals surface area contributed by atoms with Crippen molar-refractivity contribution in [3.8, 4) is 0 Å². The van der Waals surface area contributed by atoms with Gasteiger partial charge in [-0.2, -0.15) is 0 Å². The summed E-state index contributed by atoms with van der Waals surface area (Å²) in [5.74, 6) is -0.219. The van der Waals surface area contributed by atoms with Crippen molar-refractivity contribution in [2.75, 3.05) is 18.3 Å². The molecule has 98 valence electrons. The highest BCUT2D eigenvalue weighted by Gasteiger charge is 2.03. The zero-order chi connectivity index (χ0) is 13.3. The topological polar surface area (TPSA) is 57.2 Å². The van der Waals surface area contributed by atoms with Crippen molar-refractivity contribution in [1.82, 2.24) is 0 Å². The van der Waals surface area contributed by atoms with Gasteiger partial charge in [0.05, 0.1) is 10.1 Å². The first-order chi connectivity index (χ1) is 7.87. The van der Waals surface area contributed by atoms with E-state index in [1.54, 1.807) is 0 Å². The summed E-state index contributed by atoms with van der Waals surface area (Å²) in [7, 11) is -3.52. The normalized spacial score (nSPS) is 10.9. The molecule has 1 rings (SSSR count). The van der Waals surface area contributed by atoms with E-state index in [0.717, 1.165) is 6.42 Å². The molecule has 17 heavy (non-hydrogen) atoms. The van der Waals surface area contributed by atoms with Crippen LogP contribution in [0.25, 0.3) is 0 Å². The van der Waals surface area contributed by atoms with Crippen LogP contribution in [0.15, 0.2) is 35.2 Å². The summed E-state index contributed by atoms with van der Waals surface area (Å²) in [4.78, 5) is 1.44. The number of benzene rings is 1. The van der Waals surface area contributed by atoms with Crippen molar-refractivity contribution in [1.29, 1.82) is 0 Å². The van der Waals surface area contributed by atoms with Crippen LogP contribution in [0.5, 0.6) is 0 Å². The summed E-state index contributed by atoms with van der Waals surface area (Å²) in [6, 6.07) is 10.6. The summed E-state index contributed by atoms with van der Waals surface area (Å²) in [5, 5.41) is 0. The van der Waals surface area contributed by atoms with Crippen molar-refractivity contribution in [3.05, 3.63) is 30.3 Å². The first-order valence-corrected chi connectivity index (χ1v) is 9.05. The lowest BCUT2D eigenvalue weighted by molar-refractivity contribution is 0.461. The van der Waals surface area contributed by atoms with Crippen LogP contribution in [0, 0.1) is 0 Å². The highest BCUT2D eigenvalue weighted by molar-refractivity contribution is 7.95. The average Bonchev–Trinajstić information content (AvgIpc) is 2.27. The molecule has 0 fully saturated rings. The van der Waals surface area contributed by atoms with E-state index in [2.05, 4.69) is 42.8 Å². The molecule has 5 heteroatoms. The monoisotopic (exact) mass is 276 g/mol. The number of unbranched alkanes of at least 4 members (excludes halogenated alkanes) is 1. The van der Waals surface area contributed by atoms with E-state index >= 15 is 0 Å². The van der Waals surface area contributed by atoms with Crippen LogP contribution in [0.1, 0.15) is 19.8 Å². The lowest BCUT2D eigenvalue weighted by Crippen LogP contribution is -2.02. The Morgan fingerprint density at radius 1 is 1.18 bits per heavy atom. The van der Waals surface area contributed by atoms with E-state index < -0.39 is 10.1 Å². The Balaban J connectivity index is 0.000000304. The Morgan fingerprint density at radius 3 is 1.94 bits per heavy atom. The molecular formula is C12H20O3S2. The minimum absolute atomic E-state index is 0.219. The van der Waals surface area contributed by atoms with Crippen molar-refractivity contribution in [3.63, 3.8) is 0 Å². The molecule has 0 unspecified atom stereocenters. The molecule has 0 N–H and O–H groups in total. The van der Waals surface area contributed by atoms with Crippen LogP contribution in [0.2, 0.25) is 0 Å². The van der Waals surface area contributed by atoms with E-state index in [1.807, 2.05) is 6.92 Å². The molecule has 0 aliphatic heterocycles. The molecule has 3 nitrogen and oxygen atoms in total. The SMILES string of the molecule is CCCCS(=O)(=O)[O-].C[S+](C)c1ccccc1. The summed E-state index contributed by atoms with van der Waals surface area (Å²) in [5.41, 5.74) is 0. The van der Waals surface area contributed by atoms with Crippen molar-refractivity contribution in [2.24, 2.45) is 0 Å². The molecule has 0 atom stereocenters. The van der Waals surface area contributed by atoms with E-state index in [1.165, 1.54) is 4.90 Å². The van der Waals surface area contributed by atoms with Crippen molar-refractivity contribution >= 4 is 21.0 Å². The summed E-state index contributed by atoms with van der Waals surface area (Å²) in [6.45, 7) is 1.84. The van der Waals surface area contributed by atoms with Gasteiger partial charge in [-0.25, -0.2) is 8.42 Å². The molecule has 1 aromatic carbocycles. The fourth-order valence-corrected chi connectivity index (χ4v) is 2.36. The van der Waals surface area contributed by atoms with E-state index in [9.17, 15) is 13.0 Å². The largest absolute Gasteiger partial charge is 0.748 e. The van der Waals surface area contributed by atoms with Gasteiger partial charge in [-0.15, -0.1) is 0 Å². The summed E-state index contributed by atoms with van der Waals surface area (Å²) in [6.07, 6.45) is 5.69. The molecule has 0 aliphatic carbocycles. The van der Waals surface area contributed by atoms with Crippen LogP contribution in [-0.4, -0.2) is 31.2 Å². The average molecular weight is 276 g/mol.